The Morgan fingerprint density at radius 1 is 1.00 bits per heavy atom. The number of ketones is 1. The van der Waals surface area contributed by atoms with E-state index in [1.807, 2.05) is 43.3 Å². The third kappa shape index (κ3) is 4.24. The molecule has 4 nitrogen and oxygen atoms in total. The summed E-state index contributed by atoms with van der Waals surface area (Å²) in [6.07, 6.45) is -1.83. The van der Waals surface area contributed by atoms with E-state index in [9.17, 15) is 15.0 Å². The molecule has 0 spiro atoms. The monoisotopic (exact) mass is 299 g/mol. The molecule has 0 heterocycles. The molecule has 0 radical (unpaired) electrons. The fraction of sp³-hybridized carbons (Fsp3) is 0.278. The predicted octanol–water partition coefficient (Wildman–Crippen LogP) is 1.94. The van der Waals surface area contributed by atoms with E-state index in [0.29, 0.717) is 5.56 Å². The zero-order valence-electron chi connectivity index (χ0n) is 12.5. The summed E-state index contributed by atoms with van der Waals surface area (Å²) >= 11 is 0. The first-order valence-electron chi connectivity index (χ1n) is 7.33. The van der Waals surface area contributed by atoms with Crippen LogP contribution in [0.5, 0.6) is 0 Å². The minimum Gasteiger partial charge on any atom is -0.387 e. The molecule has 0 fully saturated rings. The van der Waals surface area contributed by atoms with Crippen LogP contribution in [-0.2, 0) is 0 Å². The summed E-state index contributed by atoms with van der Waals surface area (Å²) in [6.45, 7) is 1.91. The number of aliphatic hydroxyl groups is 2. The van der Waals surface area contributed by atoms with Crippen LogP contribution in [0.4, 0.5) is 0 Å². The minimum absolute atomic E-state index is 0.0960. The highest BCUT2D eigenvalue weighted by Gasteiger charge is 2.20. The highest BCUT2D eigenvalue weighted by Crippen LogP contribution is 2.16. The number of benzene rings is 2. The van der Waals surface area contributed by atoms with E-state index < -0.39 is 12.2 Å². The fourth-order valence-corrected chi connectivity index (χ4v) is 2.24. The van der Waals surface area contributed by atoms with E-state index in [1.165, 1.54) is 0 Å². The normalized spacial score (nSPS) is 15.0. The first kappa shape index (κ1) is 16.4. The standard InChI is InChI=1S/C18H21NO3/c1-13(17(21)14-8-4-2-5-9-14)19-12-16(20)18(22)15-10-6-3-7-11-15/h2-11,13,16-17,19-21H,12H2,1H3. The molecule has 2 rings (SSSR count). The van der Waals surface area contributed by atoms with Crippen molar-refractivity contribution in [1.29, 1.82) is 0 Å². The molecule has 3 N–H and O–H groups in total. The smallest absolute Gasteiger partial charge is 0.192 e. The van der Waals surface area contributed by atoms with Crippen LogP contribution >= 0.6 is 0 Å². The number of Topliss-reactive ketones (excluding diaryl/α,β-unsaturated/α-hetero) is 1. The van der Waals surface area contributed by atoms with E-state index in [4.69, 9.17) is 0 Å². The molecule has 2 aromatic rings. The third-order valence-electron chi connectivity index (χ3n) is 3.61. The molecule has 3 atom stereocenters. The van der Waals surface area contributed by atoms with Gasteiger partial charge in [0.05, 0.1) is 6.10 Å². The molecular formula is C18H21NO3. The van der Waals surface area contributed by atoms with Crippen molar-refractivity contribution in [2.75, 3.05) is 6.54 Å². The number of hydrogen-bond acceptors (Lipinski definition) is 4. The number of carbonyl (C=O) groups excluding carboxylic acids is 1. The molecule has 0 saturated carbocycles. The summed E-state index contributed by atoms with van der Waals surface area (Å²) in [7, 11) is 0. The van der Waals surface area contributed by atoms with Crippen molar-refractivity contribution in [2.24, 2.45) is 0 Å². The van der Waals surface area contributed by atoms with Crippen molar-refractivity contribution in [3.8, 4) is 0 Å². The van der Waals surface area contributed by atoms with E-state index in [-0.39, 0.29) is 18.4 Å². The van der Waals surface area contributed by atoms with E-state index in [1.54, 1.807) is 24.3 Å². The number of nitrogens with one attached hydrogen (secondary N) is 1. The van der Waals surface area contributed by atoms with Gasteiger partial charge >= 0.3 is 0 Å². The number of aliphatic hydroxyl groups excluding tert-OH is 2. The molecule has 0 aliphatic heterocycles. The summed E-state index contributed by atoms with van der Waals surface area (Å²) in [5.74, 6) is -0.325. The van der Waals surface area contributed by atoms with Crippen molar-refractivity contribution in [3.63, 3.8) is 0 Å². The lowest BCUT2D eigenvalue weighted by Gasteiger charge is -2.22. The zero-order chi connectivity index (χ0) is 15.9. The van der Waals surface area contributed by atoms with Gasteiger partial charge in [0.15, 0.2) is 5.78 Å². The number of hydrogen-bond donors (Lipinski definition) is 3. The van der Waals surface area contributed by atoms with Crippen LogP contribution in [0.1, 0.15) is 28.9 Å². The minimum atomic E-state index is -1.13. The lowest BCUT2D eigenvalue weighted by molar-refractivity contribution is 0.0712. The molecule has 2 aromatic carbocycles. The third-order valence-corrected chi connectivity index (χ3v) is 3.61. The van der Waals surface area contributed by atoms with Crippen molar-refractivity contribution in [1.82, 2.24) is 5.32 Å². The summed E-state index contributed by atoms with van der Waals surface area (Å²) in [5.41, 5.74) is 1.28. The summed E-state index contributed by atoms with van der Waals surface area (Å²) in [6, 6.07) is 17.7. The second kappa shape index (κ2) is 7.84. The maximum atomic E-state index is 12.0. The topological polar surface area (TPSA) is 69.6 Å². The second-order valence-corrected chi connectivity index (χ2v) is 5.30. The molecule has 0 bridgehead atoms. The van der Waals surface area contributed by atoms with E-state index in [2.05, 4.69) is 5.32 Å². The average Bonchev–Trinajstić information content (AvgIpc) is 2.59. The van der Waals surface area contributed by atoms with Gasteiger partial charge in [0, 0.05) is 18.2 Å². The molecule has 116 valence electrons. The van der Waals surface area contributed by atoms with Crippen molar-refractivity contribution >= 4 is 5.78 Å². The Labute approximate surface area is 130 Å². The van der Waals surface area contributed by atoms with Gasteiger partial charge in [-0.15, -0.1) is 0 Å². The fourth-order valence-electron chi connectivity index (χ4n) is 2.24. The van der Waals surface area contributed by atoms with Crippen molar-refractivity contribution in [2.45, 2.75) is 25.2 Å². The predicted molar refractivity (Wildman–Crippen MR) is 85.6 cm³/mol. The number of carbonyl (C=O) groups is 1. The molecule has 0 amide bonds. The van der Waals surface area contributed by atoms with Crippen LogP contribution in [0.15, 0.2) is 60.7 Å². The lowest BCUT2D eigenvalue weighted by atomic mass is 10.0. The molecule has 22 heavy (non-hydrogen) atoms. The van der Waals surface area contributed by atoms with Crippen LogP contribution in [0.25, 0.3) is 0 Å². The summed E-state index contributed by atoms with van der Waals surface area (Å²) in [4.78, 5) is 12.0. The first-order valence-corrected chi connectivity index (χ1v) is 7.33. The molecule has 0 aromatic heterocycles. The Hall–Kier alpha value is -2.01. The van der Waals surface area contributed by atoms with Gasteiger partial charge in [-0.25, -0.2) is 0 Å². The van der Waals surface area contributed by atoms with Gasteiger partial charge in [-0.1, -0.05) is 60.7 Å². The first-order chi connectivity index (χ1) is 10.6. The van der Waals surface area contributed by atoms with Crippen molar-refractivity contribution in [3.05, 3.63) is 71.8 Å². The quantitative estimate of drug-likeness (QED) is 0.683. The van der Waals surface area contributed by atoms with E-state index in [0.717, 1.165) is 5.56 Å². The Kier molecular flexibility index (Phi) is 5.83. The van der Waals surface area contributed by atoms with Crippen LogP contribution in [0, 0.1) is 0 Å². The largest absolute Gasteiger partial charge is 0.387 e. The highest BCUT2D eigenvalue weighted by atomic mass is 16.3. The maximum absolute atomic E-state index is 12.0. The van der Waals surface area contributed by atoms with Crippen LogP contribution in [0.3, 0.4) is 0 Å². The van der Waals surface area contributed by atoms with Crippen LogP contribution < -0.4 is 5.32 Å². The SMILES string of the molecule is CC(NCC(O)C(=O)c1ccccc1)C(O)c1ccccc1. The molecule has 0 aliphatic carbocycles. The Balaban J connectivity index is 1.88. The van der Waals surface area contributed by atoms with Gasteiger partial charge in [0.1, 0.15) is 6.10 Å². The maximum Gasteiger partial charge on any atom is 0.192 e. The highest BCUT2D eigenvalue weighted by molar-refractivity contribution is 5.99. The Morgan fingerprint density at radius 3 is 2.14 bits per heavy atom. The lowest BCUT2D eigenvalue weighted by Crippen LogP contribution is -2.40. The number of rotatable bonds is 7. The van der Waals surface area contributed by atoms with Crippen molar-refractivity contribution < 1.29 is 15.0 Å². The van der Waals surface area contributed by atoms with Crippen LogP contribution in [0.2, 0.25) is 0 Å². The zero-order valence-corrected chi connectivity index (χ0v) is 12.5. The Bertz CT molecular complexity index is 586. The molecule has 0 saturated heterocycles. The average molecular weight is 299 g/mol. The molecule has 3 unspecified atom stereocenters. The van der Waals surface area contributed by atoms with Gasteiger partial charge in [-0.2, -0.15) is 0 Å². The molecular weight excluding hydrogens is 278 g/mol. The van der Waals surface area contributed by atoms with Crippen LogP contribution in [-0.4, -0.2) is 34.7 Å². The molecule has 4 heteroatoms. The van der Waals surface area contributed by atoms with E-state index >= 15 is 0 Å². The Morgan fingerprint density at radius 2 is 1.55 bits per heavy atom. The van der Waals surface area contributed by atoms with Gasteiger partial charge in [0.25, 0.3) is 0 Å². The summed E-state index contributed by atoms with van der Waals surface area (Å²) in [5, 5.41) is 23.2. The summed E-state index contributed by atoms with van der Waals surface area (Å²) < 4.78 is 0. The molecule has 0 aliphatic rings. The van der Waals surface area contributed by atoms with Gasteiger partial charge in [-0.05, 0) is 12.5 Å². The van der Waals surface area contributed by atoms with Gasteiger partial charge in [-0.3, -0.25) is 4.79 Å². The van der Waals surface area contributed by atoms with Gasteiger partial charge in [0.2, 0.25) is 0 Å². The second-order valence-electron chi connectivity index (χ2n) is 5.30. The van der Waals surface area contributed by atoms with Gasteiger partial charge < -0.3 is 15.5 Å².